The SMILES string of the molecule is CC1(C)c2ccc(cc2)Oc2ccc(cc2)C(=O)c2ccc(cc2)Oc2ccc3ccccc3c2-c2c(ccc3ccccc23)Oc2ccc(cc2)C(=O)c2ccc(cc2)Oc2ccc1cc2. The van der Waals surface area contributed by atoms with Crippen molar-refractivity contribution < 1.29 is 28.5 Å². The van der Waals surface area contributed by atoms with Crippen LogP contribution in [0.25, 0.3) is 32.7 Å². The van der Waals surface area contributed by atoms with E-state index in [2.05, 4.69) is 62.4 Å². The van der Waals surface area contributed by atoms with Gasteiger partial charge in [-0.05, 0) is 166 Å². The first kappa shape index (κ1) is 41.0. The van der Waals surface area contributed by atoms with Crippen LogP contribution in [0.2, 0.25) is 0 Å². The first-order valence-corrected chi connectivity index (χ1v) is 22.2. The van der Waals surface area contributed by atoms with Gasteiger partial charge in [0.25, 0.3) is 0 Å². The van der Waals surface area contributed by atoms with E-state index in [9.17, 15) is 9.59 Å². The van der Waals surface area contributed by atoms with Gasteiger partial charge in [-0.3, -0.25) is 9.59 Å². The second-order valence-corrected chi connectivity index (χ2v) is 17.2. The number of benzene rings is 10. The monoisotopic (exact) mass is 870 g/mol. The van der Waals surface area contributed by atoms with Gasteiger partial charge in [0, 0.05) is 38.8 Å². The van der Waals surface area contributed by atoms with E-state index in [0.29, 0.717) is 68.2 Å². The minimum atomic E-state index is -0.301. The molecule has 0 saturated heterocycles. The number of hydrogen-bond donors (Lipinski definition) is 0. The van der Waals surface area contributed by atoms with Crippen LogP contribution in [-0.2, 0) is 5.41 Å². The molecule has 7 heterocycles. The van der Waals surface area contributed by atoms with Crippen LogP contribution in [0.5, 0.6) is 46.0 Å². The third kappa shape index (κ3) is 8.06. The second-order valence-electron chi connectivity index (χ2n) is 17.2. The summed E-state index contributed by atoms with van der Waals surface area (Å²) in [6.45, 7) is 4.37. The maximum atomic E-state index is 13.8. The van der Waals surface area contributed by atoms with Crippen LogP contribution in [0.15, 0.2) is 218 Å². The Bertz CT molecular complexity index is 3230. The molecule has 0 aromatic heterocycles. The van der Waals surface area contributed by atoms with Gasteiger partial charge in [-0.25, -0.2) is 0 Å². The van der Waals surface area contributed by atoms with E-state index in [0.717, 1.165) is 43.8 Å². The van der Waals surface area contributed by atoms with Crippen LogP contribution >= 0.6 is 0 Å². The van der Waals surface area contributed by atoms with Crippen molar-refractivity contribution in [1.82, 2.24) is 0 Å². The number of ketones is 2. The highest BCUT2D eigenvalue weighted by atomic mass is 16.5. The molecule has 0 fully saturated rings. The summed E-state index contributed by atoms with van der Waals surface area (Å²) in [6, 6.07) is 69.5. The topological polar surface area (TPSA) is 71.1 Å². The van der Waals surface area contributed by atoms with E-state index in [1.165, 1.54) is 0 Å². The zero-order chi connectivity index (χ0) is 45.5. The second kappa shape index (κ2) is 17.0. The Labute approximate surface area is 388 Å². The molecule has 0 radical (unpaired) electrons. The molecule has 6 heteroatoms. The highest BCUT2D eigenvalue weighted by molar-refractivity contribution is 6.11. The lowest BCUT2D eigenvalue weighted by Gasteiger charge is -2.26. The van der Waals surface area contributed by atoms with Crippen molar-refractivity contribution in [1.29, 1.82) is 0 Å². The maximum Gasteiger partial charge on any atom is 0.193 e. The molecule has 17 rings (SSSR count). The summed E-state index contributed by atoms with van der Waals surface area (Å²) in [5.41, 5.74) is 5.81. The fourth-order valence-electron chi connectivity index (χ4n) is 8.79. The summed E-state index contributed by atoms with van der Waals surface area (Å²) in [5.74, 6) is 4.79. The van der Waals surface area contributed by atoms with E-state index in [1.54, 1.807) is 48.5 Å². The van der Waals surface area contributed by atoms with E-state index in [-0.39, 0.29) is 17.0 Å². The first-order valence-electron chi connectivity index (χ1n) is 22.2. The maximum absolute atomic E-state index is 13.8. The fourth-order valence-corrected chi connectivity index (χ4v) is 8.79. The number of ether oxygens (including phenoxy) is 4. The van der Waals surface area contributed by atoms with E-state index < -0.39 is 0 Å². The molecule has 67 heavy (non-hydrogen) atoms. The van der Waals surface area contributed by atoms with Gasteiger partial charge in [0.15, 0.2) is 11.6 Å². The molecule has 10 aromatic carbocycles. The van der Waals surface area contributed by atoms with Gasteiger partial charge >= 0.3 is 0 Å². The van der Waals surface area contributed by atoms with Crippen LogP contribution in [0.3, 0.4) is 0 Å². The normalized spacial score (nSPS) is 13.3. The highest BCUT2D eigenvalue weighted by Gasteiger charge is 2.24. The zero-order valence-corrected chi connectivity index (χ0v) is 36.7. The molecular formula is C61H42O6. The lowest BCUT2D eigenvalue weighted by atomic mass is 9.78. The smallest absolute Gasteiger partial charge is 0.193 e. The molecule has 7 aliphatic heterocycles. The molecule has 0 amide bonds. The highest BCUT2D eigenvalue weighted by Crippen LogP contribution is 2.48. The Kier molecular flexibility index (Phi) is 10.4. The minimum Gasteiger partial charge on any atom is -0.457 e. The largest absolute Gasteiger partial charge is 0.457 e. The first-order chi connectivity index (χ1) is 32.7. The zero-order valence-electron chi connectivity index (χ0n) is 36.7. The Hall–Kier alpha value is -8.74. The van der Waals surface area contributed by atoms with Gasteiger partial charge in [0.05, 0.1) is 0 Å². The molecular weight excluding hydrogens is 829 g/mol. The van der Waals surface area contributed by atoms with Gasteiger partial charge < -0.3 is 18.9 Å². The lowest BCUT2D eigenvalue weighted by molar-refractivity contribution is 0.103. The Morgan fingerprint density at radius 3 is 0.910 bits per heavy atom. The third-order valence-corrected chi connectivity index (χ3v) is 12.6. The standard InChI is InChI=1S/C61H42O6/c1-61(2)45-21-33-49(34-22-45)64-47-25-11-41(12-26-47)59(62)43-15-29-51(30-16-43)66-55-37-19-39-7-3-5-9-53(39)57(55)58-54-10-6-4-8-40(54)20-38-56(58)67-52-31-17-44(18-32-52)60(63)42-13-27-48(28-14-42)65-50-35-23-46(61)24-36-50/h3-38H,1-2H3. The molecule has 10 aromatic rings. The average molecular weight is 871 g/mol. The molecule has 0 spiro atoms. The molecule has 0 unspecified atom stereocenters. The average Bonchev–Trinajstić information content (AvgIpc) is 3.37. The van der Waals surface area contributed by atoms with Crippen LogP contribution in [0.1, 0.15) is 56.8 Å². The summed E-state index contributed by atoms with van der Waals surface area (Å²) in [6.07, 6.45) is 0. The fraction of sp³-hybridized carbons (Fsp3) is 0.0492. The predicted molar refractivity (Wildman–Crippen MR) is 265 cm³/mol. The van der Waals surface area contributed by atoms with Crippen molar-refractivity contribution in [3.05, 3.63) is 252 Å². The van der Waals surface area contributed by atoms with Crippen molar-refractivity contribution >= 4 is 33.1 Å². The molecule has 322 valence electrons. The summed E-state index contributed by atoms with van der Waals surface area (Å²) in [7, 11) is 0. The van der Waals surface area contributed by atoms with E-state index >= 15 is 0 Å². The summed E-state index contributed by atoms with van der Waals surface area (Å²) < 4.78 is 25.9. The number of carbonyl (C=O) groups is 2. The molecule has 0 atom stereocenters. The van der Waals surface area contributed by atoms with Crippen LogP contribution in [0, 0.1) is 0 Å². The van der Waals surface area contributed by atoms with Crippen molar-refractivity contribution in [3.8, 4) is 57.1 Å². The van der Waals surface area contributed by atoms with Gasteiger partial charge in [0.1, 0.15) is 46.0 Å². The molecule has 12 bridgehead atoms. The van der Waals surface area contributed by atoms with E-state index in [1.807, 2.05) is 121 Å². The Morgan fingerprint density at radius 2 is 0.582 bits per heavy atom. The van der Waals surface area contributed by atoms with Gasteiger partial charge in [-0.1, -0.05) is 98.8 Å². The van der Waals surface area contributed by atoms with Crippen molar-refractivity contribution in [2.24, 2.45) is 0 Å². The molecule has 0 saturated carbocycles. The van der Waals surface area contributed by atoms with Crippen molar-refractivity contribution in [2.45, 2.75) is 19.3 Å². The third-order valence-electron chi connectivity index (χ3n) is 12.6. The quantitative estimate of drug-likeness (QED) is 0.151. The molecule has 0 N–H and O–H groups in total. The Morgan fingerprint density at radius 1 is 0.299 bits per heavy atom. The van der Waals surface area contributed by atoms with Crippen LogP contribution in [-0.4, -0.2) is 11.6 Å². The molecule has 0 aliphatic carbocycles. The van der Waals surface area contributed by atoms with Crippen molar-refractivity contribution in [3.63, 3.8) is 0 Å². The molecule has 6 nitrogen and oxygen atoms in total. The van der Waals surface area contributed by atoms with Crippen molar-refractivity contribution in [2.75, 3.05) is 0 Å². The number of hydrogen-bond acceptors (Lipinski definition) is 6. The van der Waals surface area contributed by atoms with Gasteiger partial charge in [0.2, 0.25) is 0 Å². The Balaban J connectivity index is 0.981. The predicted octanol–water partition coefficient (Wildman–Crippen LogP) is 15.9. The van der Waals surface area contributed by atoms with E-state index in [4.69, 9.17) is 18.9 Å². The lowest BCUT2D eigenvalue weighted by Crippen LogP contribution is -2.18. The summed E-state index contributed by atoms with van der Waals surface area (Å²) in [5, 5.41) is 4.04. The van der Waals surface area contributed by atoms with Crippen LogP contribution < -0.4 is 18.9 Å². The summed E-state index contributed by atoms with van der Waals surface area (Å²) in [4.78, 5) is 27.5. The molecule has 7 aliphatic rings. The number of rotatable bonds is 0. The number of carbonyl (C=O) groups excluding carboxylic acids is 2. The van der Waals surface area contributed by atoms with Gasteiger partial charge in [-0.15, -0.1) is 0 Å². The minimum absolute atomic E-state index is 0.114. The van der Waals surface area contributed by atoms with Gasteiger partial charge in [-0.2, -0.15) is 0 Å². The number of fused-ring (bicyclic) bond motifs is 8. The summed E-state index contributed by atoms with van der Waals surface area (Å²) >= 11 is 0. The van der Waals surface area contributed by atoms with Crippen LogP contribution in [0.4, 0.5) is 0 Å².